The molecule has 0 atom stereocenters. The maximum Gasteiger partial charge on any atom is 0.341 e. The smallest absolute Gasteiger partial charge is 0.341 e. The first-order valence-electron chi connectivity index (χ1n) is 12.8. The number of fused-ring (bicyclic) bond motifs is 2. The fraction of sp³-hybridized carbons (Fsp3) is 0.345. The summed E-state index contributed by atoms with van der Waals surface area (Å²) in [5.41, 5.74) is 1.57. The summed E-state index contributed by atoms with van der Waals surface area (Å²) in [6.45, 7) is 8.24. The first kappa shape index (κ1) is 27.7. The summed E-state index contributed by atoms with van der Waals surface area (Å²) >= 11 is 0. The number of carbonyl (C=O) groups excluding carboxylic acids is 2. The lowest BCUT2D eigenvalue weighted by Gasteiger charge is -2.16. The number of methoxy groups -OCH3 is 1. The lowest BCUT2D eigenvalue weighted by atomic mass is 10.2. The minimum Gasteiger partial charge on any atom is -0.497 e. The van der Waals surface area contributed by atoms with Crippen LogP contribution in [0.15, 0.2) is 58.4 Å². The number of aromatic nitrogens is 3. The Bertz CT molecular complexity index is 1670. The van der Waals surface area contributed by atoms with Gasteiger partial charge in [-0.25, -0.2) is 9.78 Å². The Kier molecular flexibility index (Phi) is 8.55. The van der Waals surface area contributed by atoms with Crippen LogP contribution in [0.2, 0.25) is 0 Å². The molecular weight excluding hydrogens is 500 g/mol. The highest BCUT2D eigenvalue weighted by atomic mass is 16.5. The van der Waals surface area contributed by atoms with Gasteiger partial charge in [0.1, 0.15) is 22.6 Å². The minimum atomic E-state index is -0.697. The lowest BCUT2D eigenvalue weighted by molar-refractivity contribution is 0.0523. The summed E-state index contributed by atoms with van der Waals surface area (Å²) in [4.78, 5) is 49.3. The molecule has 3 heterocycles. The molecule has 0 aliphatic heterocycles. The summed E-state index contributed by atoms with van der Waals surface area (Å²) in [6.07, 6.45) is 2.19. The number of aryl methyl sites for hydroxylation is 2. The zero-order chi connectivity index (χ0) is 28.1. The molecule has 10 nitrogen and oxygen atoms in total. The maximum absolute atomic E-state index is 13.6. The van der Waals surface area contributed by atoms with Gasteiger partial charge in [-0.3, -0.25) is 14.0 Å². The van der Waals surface area contributed by atoms with Crippen LogP contribution in [-0.2, 0) is 16.0 Å². The summed E-state index contributed by atoms with van der Waals surface area (Å²) in [6, 6.07) is 11.6. The van der Waals surface area contributed by atoms with Crippen LogP contribution in [0.3, 0.4) is 0 Å². The highest BCUT2D eigenvalue weighted by molar-refractivity contribution is 5.97. The Morgan fingerprint density at radius 2 is 1.90 bits per heavy atom. The van der Waals surface area contributed by atoms with E-state index in [2.05, 4.69) is 4.99 Å². The molecule has 0 unspecified atom stereocenters. The molecule has 0 radical (unpaired) electrons. The topological polar surface area (TPSA) is 113 Å². The Hall–Kier alpha value is -4.31. The van der Waals surface area contributed by atoms with Crippen molar-refractivity contribution in [3.63, 3.8) is 0 Å². The van der Waals surface area contributed by atoms with Gasteiger partial charge in [-0.2, -0.15) is 4.99 Å². The van der Waals surface area contributed by atoms with Crippen molar-refractivity contribution in [1.82, 2.24) is 14.0 Å². The molecule has 39 heavy (non-hydrogen) atoms. The van der Waals surface area contributed by atoms with Crippen molar-refractivity contribution in [1.29, 1.82) is 0 Å². The summed E-state index contributed by atoms with van der Waals surface area (Å²) in [7, 11) is 1.51. The Balaban J connectivity index is 2.05. The third kappa shape index (κ3) is 5.91. The second-order valence-corrected chi connectivity index (χ2v) is 9.21. The zero-order valence-electron chi connectivity index (χ0n) is 22.8. The Morgan fingerprint density at radius 1 is 1.10 bits per heavy atom. The average Bonchev–Trinajstić information content (AvgIpc) is 2.92. The van der Waals surface area contributed by atoms with E-state index < -0.39 is 11.9 Å². The fourth-order valence-corrected chi connectivity index (χ4v) is 4.24. The van der Waals surface area contributed by atoms with E-state index in [9.17, 15) is 14.4 Å². The van der Waals surface area contributed by atoms with E-state index >= 15 is 0 Å². The zero-order valence-corrected chi connectivity index (χ0v) is 22.8. The van der Waals surface area contributed by atoms with Crippen molar-refractivity contribution in [2.75, 3.05) is 20.3 Å². The van der Waals surface area contributed by atoms with E-state index in [0.717, 1.165) is 5.56 Å². The number of benzene rings is 1. The monoisotopic (exact) mass is 532 g/mol. The van der Waals surface area contributed by atoms with E-state index in [1.807, 2.05) is 26.8 Å². The van der Waals surface area contributed by atoms with Crippen molar-refractivity contribution in [3.05, 3.63) is 81.2 Å². The van der Waals surface area contributed by atoms with Gasteiger partial charge in [-0.1, -0.05) is 12.1 Å². The number of esters is 1. The molecule has 0 spiro atoms. The van der Waals surface area contributed by atoms with Gasteiger partial charge in [-0.15, -0.1) is 0 Å². The molecule has 4 rings (SSSR count). The van der Waals surface area contributed by atoms with Gasteiger partial charge < -0.3 is 18.8 Å². The third-order valence-electron chi connectivity index (χ3n) is 6.10. The van der Waals surface area contributed by atoms with Crippen LogP contribution in [0.1, 0.15) is 53.5 Å². The lowest BCUT2D eigenvalue weighted by Crippen LogP contribution is -2.33. The Labute approximate surface area is 225 Å². The van der Waals surface area contributed by atoms with Crippen LogP contribution < -0.4 is 15.8 Å². The van der Waals surface area contributed by atoms with E-state index in [1.54, 1.807) is 48.0 Å². The van der Waals surface area contributed by atoms with Crippen molar-refractivity contribution >= 4 is 28.6 Å². The third-order valence-corrected chi connectivity index (χ3v) is 6.10. The molecule has 0 saturated heterocycles. The molecule has 1 amide bonds. The predicted octanol–water partition coefficient (Wildman–Crippen LogP) is 3.70. The molecule has 0 aliphatic rings. The highest BCUT2D eigenvalue weighted by Gasteiger charge is 2.21. The second-order valence-electron chi connectivity index (χ2n) is 9.21. The Morgan fingerprint density at radius 3 is 2.62 bits per heavy atom. The number of nitrogens with zero attached hydrogens (tertiary/aromatic N) is 4. The second kappa shape index (κ2) is 12.0. The van der Waals surface area contributed by atoms with E-state index in [4.69, 9.17) is 19.2 Å². The normalized spacial score (nSPS) is 11.9. The molecule has 0 N–H and O–H groups in total. The van der Waals surface area contributed by atoms with Gasteiger partial charge in [0, 0.05) is 24.9 Å². The molecule has 0 saturated carbocycles. The van der Waals surface area contributed by atoms with Gasteiger partial charge in [0.25, 0.3) is 11.5 Å². The number of amides is 1. The van der Waals surface area contributed by atoms with E-state index in [-0.39, 0.29) is 46.8 Å². The van der Waals surface area contributed by atoms with E-state index in [0.29, 0.717) is 30.1 Å². The largest absolute Gasteiger partial charge is 0.497 e. The molecule has 3 aromatic heterocycles. The number of carbonyl (C=O) groups is 2. The summed E-state index contributed by atoms with van der Waals surface area (Å²) in [5, 5.41) is 0.207. The number of hydrogen-bond donors (Lipinski definition) is 0. The van der Waals surface area contributed by atoms with Crippen LogP contribution in [0.4, 0.5) is 0 Å². The average molecular weight is 533 g/mol. The van der Waals surface area contributed by atoms with Crippen LogP contribution in [0.5, 0.6) is 5.75 Å². The minimum absolute atomic E-state index is 0.00289. The quantitative estimate of drug-likeness (QED) is 0.183. The van der Waals surface area contributed by atoms with Gasteiger partial charge in [0.05, 0.1) is 25.2 Å². The van der Waals surface area contributed by atoms with Crippen LogP contribution >= 0.6 is 0 Å². The van der Waals surface area contributed by atoms with Crippen molar-refractivity contribution < 1.29 is 23.8 Å². The van der Waals surface area contributed by atoms with Gasteiger partial charge in [0.2, 0.25) is 0 Å². The molecule has 0 aliphatic carbocycles. The van der Waals surface area contributed by atoms with Crippen LogP contribution in [0.25, 0.3) is 16.7 Å². The summed E-state index contributed by atoms with van der Waals surface area (Å²) < 4.78 is 19.3. The van der Waals surface area contributed by atoms with Crippen molar-refractivity contribution in [2.45, 2.75) is 46.8 Å². The van der Waals surface area contributed by atoms with E-state index in [1.165, 1.54) is 17.6 Å². The molecule has 0 bridgehead atoms. The van der Waals surface area contributed by atoms with Gasteiger partial charge >= 0.3 is 5.97 Å². The molecule has 10 heteroatoms. The first-order chi connectivity index (χ1) is 18.7. The van der Waals surface area contributed by atoms with Crippen LogP contribution in [0, 0.1) is 6.92 Å². The molecule has 0 fully saturated rings. The first-order valence-corrected chi connectivity index (χ1v) is 12.8. The van der Waals surface area contributed by atoms with Crippen LogP contribution in [-0.4, -0.2) is 52.3 Å². The number of hydrogen-bond acceptors (Lipinski definition) is 7. The molecule has 4 aromatic rings. The standard InChI is InChI=1S/C29H32N4O6/c1-6-38-29(36)23-17-22-25(30-24-19(4)10-8-13-33(24)28(22)35)32(14-9-15-39-18(2)3)26(23)31-27(34)20-11-7-12-21(16-20)37-5/h7-8,10-13,16-18H,6,9,14-15H2,1-5H3. The highest BCUT2D eigenvalue weighted by Crippen LogP contribution is 2.16. The summed E-state index contributed by atoms with van der Waals surface area (Å²) in [5.74, 6) is -0.785. The molecular formula is C29H32N4O6. The number of pyridine rings is 2. The van der Waals surface area contributed by atoms with Gasteiger partial charge in [-0.05, 0) is 70.0 Å². The number of ether oxygens (including phenoxy) is 3. The van der Waals surface area contributed by atoms with Crippen molar-refractivity contribution in [2.24, 2.45) is 4.99 Å². The van der Waals surface area contributed by atoms with Crippen molar-refractivity contribution in [3.8, 4) is 5.75 Å². The molecule has 1 aromatic carbocycles. The number of rotatable bonds is 9. The molecule has 204 valence electrons. The maximum atomic E-state index is 13.6. The fourth-order valence-electron chi connectivity index (χ4n) is 4.24. The SMILES string of the molecule is CCOC(=O)c1cc2c(=O)n3cccc(C)c3nc2n(CCCOC(C)C)c1=NC(=O)c1cccc(OC)c1. The van der Waals surface area contributed by atoms with Gasteiger partial charge in [0.15, 0.2) is 5.49 Å². The predicted molar refractivity (Wildman–Crippen MR) is 146 cm³/mol.